The Balaban J connectivity index is 2.21. The molecule has 1 saturated heterocycles. The van der Waals surface area contributed by atoms with Gasteiger partial charge in [-0.3, -0.25) is 4.79 Å². The highest BCUT2D eigenvalue weighted by Gasteiger charge is 2.24. The molecule has 4 heteroatoms. The van der Waals surface area contributed by atoms with Crippen molar-refractivity contribution in [2.75, 3.05) is 33.2 Å². The van der Waals surface area contributed by atoms with E-state index < -0.39 is 0 Å². The van der Waals surface area contributed by atoms with E-state index in [1.54, 1.807) is 0 Å². The van der Waals surface area contributed by atoms with Crippen molar-refractivity contribution in [2.24, 2.45) is 5.92 Å². The highest BCUT2D eigenvalue weighted by atomic mass is 16.1. The monoisotopic (exact) mass is 261 g/mol. The SMILES string of the molecule is CCC1CC=C(C=O)C(=N)C=C1N1CCN(C)CC1. The van der Waals surface area contributed by atoms with Crippen LogP contribution in [-0.4, -0.2) is 55.0 Å². The molecule has 1 aliphatic carbocycles. The minimum atomic E-state index is 0.361. The van der Waals surface area contributed by atoms with Crippen LogP contribution in [0.3, 0.4) is 0 Å². The van der Waals surface area contributed by atoms with Crippen molar-refractivity contribution in [3.05, 3.63) is 23.4 Å². The number of carbonyl (C=O) groups excluding carboxylic acids is 1. The molecule has 0 aromatic rings. The van der Waals surface area contributed by atoms with Crippen LogP contribution in [0.4, 0.5) is 0 Å². The van der Waals surface area contributed by atoms with Crippen LogP contribution in [0.5, 0.6) is 0 Å². The number of aldehydes is 1. The largest absolute Gasteiger partial charge is 0.372 e. The molecule has 1 aliphatic heterocycles. The van der Waals surface area contributed by atoms with Crippen LogP contribution >= 0.6 is 0 Å². The predicted molar refractivity (Wildman–Crippen MR) is 77.4 cm³/mol. The maximum atomic E-state index is 11.0. The van der Waals surface area contributed by atoms with E-state index in [1.165, 1.54) is 5.70 Å². The van der Waals surface area contributed by atoms with Crippen molar-refractivity contribution < 1.29 is 4.79 Å². The van der Waals surface area contributed by atoms with Crippen LogP contribution in [0.2, 0.25) is 0 Å². The minimum absolute atomic E-state index is 0.361. The molecule has 1 fully saturated rings. The number of rotatable bonds is 3. The van der Waals surface area contributed by atoms with E-state index in [0.717, 1.165) is 45.3 Å². The van der Waals surface area contributed by atoms with E-state index in [2.05, 4.69) is 23.8 Å². The molecule has 0 spiro atoms. The number of likely N-dealkylation sites (N-methyl/N-ethyl adjacent to an activating group) is 1. The maximum absolute atomic E-state index is 11.0. The Kier molecular flexibility index (Phi) is 4.53. The molecule has 2 rings (SSSR count). The van der Waals surface area contributed by atoms with Gasteiger partial charge in [0.25, 0.3) is 0 Å². The fourth-order valence-electron chi connectivity index (χ4n) is 2.75. The maximum Gasteiger partial charge on any atom is 0.151 e. The first-order chi connectivity index (χ1) is 9.15. The van der Waals surface area contributed by atoms with Gasteiger partial charge in [-0.2, -0.15) is 0 Å². The van der Waals surface area contributed by atoms with Gasteiger partial charge in [-0.1, -0.05) is 13.0 Å². The number of nitrogens with zero attached hydrogens (tertiary/aromatic N) is 2. The summed E-state index contributed by atoms with van der Waals surface area (Å²) >= 11 is 0. The van der Waals surface area contributed by atoms with Gasteiger partial charge in [-0.25, -0.2) is 0 Å². The van der Waals surface area contributed by atoms with Gasteiger partial charge < -0.3 is 15.2 Å². The van der Waals surface area contributed by atoms with Gasteiger partial charge >= 0.3 is 0 Å². The standard InChI is InChI=1S/C15H23N3O/c1-3-12-4-5-13(11-19)14(16)10-15(12)18-8-6-17(2)7-9-18/h5,10-12,16H,3-4,6-9H2,1-2H3. The Hall–Kier alpha value is -1.42. The smallest absolute Gasteiger partial charge is 0.151 e. The van der Waals surface area contributed by atoms with E-state index in [-0.39, 0.29) is 0 Å². The fourth-order valence-corrected chi connectivity index (χ4v) is 2.75. The number of hydrogen-bond acceptors (Lipinski definition) is 4. The summed E-state index contributed by atoms with van der Waals surface area (Å²) in [6.45, 7) is 6.34. The van der Waals surface area contributed by atoms with Crippen LogP contribution < -0.4 is 0 Å². The summed E-state index contributed by atoms with van der Waals surface area (Å²) in [5.41, 5.74) is 2.14. The van der Waals surface area contributed by atoms with Gasteiger partial charge in [0.1, 0.15) is 0 Å². The van der Waals surface area contributed by atoms with Crippen LogP contribution in [0.1, 0.15) is 19.8 Å². The lowest BCUT2D eigenvalue weighted by Gasteiger charge is -2.38. The van der Waals surface area contributed by atoms with E-state index in [0.29, 0.717) is 17.2 Å². The van der Waals surface area contributed by atoms with Crippen molar-refractivity contribution >= 4 is 12.0 Å². The molecule has 0 amide bonds. The van der Waals surface area contributed by atoms with Gasteiger partial charge in [0.2, 0.25) is 0 Å². The molecule has 1 atom stereocenters. The predicted octanol–water partition coefficient (Wildman–Crippen LogP) is 1.69. The lowest BCUT2D eigenvalue weighted by Crippen LogP contribution is -2.45. The van der Waals surface area contributed by atoms with Gasteiger partial charge in [-0.15, -0.1) is 0 Å². The van der Waals surface area contributed by atoms with Gasteiger partial charge in [0.15, 0.2) is 6.29 Å². The van der Waals surface area contributed by atoms with E-state index in [4.69, 9.17) is 5.41 Å². The van der Waals surface area contributed by atoms with Crippen LogP contribution in [0, 0.1) is 11.3 Å². The molecule has 19 heavy (non-hydrogen) atoms. The summed E-state index contributed by atoms with van der Waals surface area (Å²) in [6.07, 6.45) is 6.55. The number of nitrogens with one attached hydrogen (secondary N) is 1. The quantitative estimate of drug-likeness (QED) is 0.787. The number of hydrogen-bond donors (Lipinski definition) is 1. The number of allylic oxidation sites excluding steroid dienone is 4. The second-order valence-corrected chi connectivity index (χ2v) is 5.39. The molecule has 0 radical (unpaired) electrons. The fraction of sp³-hybridized carbons (Fsp3) is 0.600. The van der Waals surface area contributed by atoms with Crippen LogP contribution in [0.15, 0.2) is 23.4 Å². The Labute approximate surface area is 115 Å². The molecule has 0 saturated carbocycles. The van der Waals surface area contributed by atoms with Gasteiger partial charge in [0.05, 0.1) is 5.71 Å². The second-order valence-electron chi connectivity index (χ2n) is 5.39. The topological polar surface area (TPSA) is 47.4 Å². The summed E-state index contributed by atoms with van der Waals surface area (Å²) in [4.78, 5) is 15.7. The van der Waals surface area contributed by atoms with Crippen molar-refractivity contribution in [3.63, 3.8) is 0 Å². The first-order valence-electron chi connectivity index (χ1n) is 7.05. The summed E-state index contributed by atoms with van der Waals surface area (Å²) < 4.78 is 0. The highest BCUT2D eigenvalue weighted by molar-refractivity contribution is 6.19. The van der Waals surface area contributed by atoms with E-state index in [1.807, 2.05) is 12.2 Å². The summed E-state index contributed by atoms with van der Waals surface area (Å²) in [5.74, 6) is 0.432. The van der Waals surface area contributed by atoms with Crippen LogP contribution in [0.25, 0.3) is 0 Å². The lowest BCUT2D eigenvalue weighted by atomic mass is 9.97. The minimum Gasteiger partial charge on any atom is -0.372 e. The Morgan fingerprint density at radius 2 is 2.05 bits per heavy atom. The summed E-state index contributed by atoms with van der Waals surface area (Å²) in [5, 5.41) is 8.03. The van der Waals surface area contributed by atoms with E-state index >= 15 is 0 Å². The summed E-state index contributed by atoms with van der Waals surface area (Å²) in [6, 6.07) is 0. The van der Waals surface area contributed by atoms with Crippen molar-refractivity contribution in [1.82, 2.24) is 9.80 Å². The number of carbonyl (C=O) groups is 1. The average molecular weight is 261 g/mol. The van der Waals surface area contributed by atoms with Crippen LogP contribution in [-0.2, 0) is 4.79 Å². The molecule has 0 bridgehead atoms. The van der Waals surface area contributed by atoms with Gasteiger partial charge in [0, 0.05) is 43.4 Å². The third-order valence-electron chi connectivity index (χ3n) is 4.13. The summed E-state index contributed by atoms with van der Waals surface area (Å²) in [7, 11) is 2.14. The Morgan fingerprint density at radius 3 is 2.63 bits per heavy atom. The zero-order valence-corrected chi connectivity index (χ0v) is 11.9. The molecule has 1 N–H and O–H groups in total. The lowest BCUT2D eigenvalue weighted by molar-refractivity contribution is -0.104. The molecular formula is C15H23N3O. The highest BCUT2D eigenvalue weighted by Crippen LogP contribution is 2.27. The first kappa shape index (κ1) is 14.0. The molecule has 1 heterocycles. The van der Waals surface area contributed by atoms with Gasteiger partial charge in [-0.05, 0) is 26.0 Å². The number of piperazine rings is 1. The van der Waals surface area contributed by atoms with E-state index in [9.17, 15) is 4.79 Å². The Bertz CT molecular complexity index is 417. The second kappa shape index (κ2) is 6.15. The molecule has 1 unspecified atom stereocenters. The zero-order valence-electron chi connectivity index (χ0n) is 11.9. The third kappa shape index (κ3) is 3.13. The van der Waals surface area contributed by atoms with Crippen molar-refractivity contribution in [2.45, 2.75) is 19.8 Å². The third-order valence-corrected chi connectivity index (χ3v) is 4.13. The van der Waals surface area contributed by atoms with Crippen molar-refractivity contribution in [1.29, 1.82) is 5.41 Å². The van der Waals surface area contributed by atoms with Crippen molar-refractivity contribution in [3.8, 4) is 0 Å². The molecule has 0 aromatic heterocycles. The molecular weight excluding hydrogens is 238 g/mol. The first-order valence-corrected chi connectivity index (χ1v) is 7.05. The molecule has 0 aromatic carbocycles. The molecule has 4 nitrogen and oxygen atoms in total. The molecule has 2 aliphatic rings. The Morgan fingerprint density at radius 1 is 1.37 bits per heavy atom. The molecule has 104 valence electrons. The average Bonchev–Trinajstić information content (AvgIpc) is 2.58. The zero-order chi connectivity index (χ0) is 13.8. The normalized spacial score (nSPS) is 25.7.